The maximum atomic E-state index is 6.16. The monoisotopic (exact) mass is 586 g/mol. The quantitative estimate of drug-likeness (QED) is 0.338. The van der Waals surface area contributed by atoms with E-state index in [2.05, 4.69) is 64.7 Å². The fourth-order valence-corrected chi connectivity index (χ4v) is 6.05. The molecule has 6 rings (SSSR count). The largest absolute Gasteiger partial charge is 0.454 e. The topological polar surface area (TPSA) is 135 Å². The number of piperidine rings is 1. The Hall–Kier alpha value is -3.13. The van der Waals surface area contributed by atoms with Crippen LogP contribution in [0.4, 0.5) is 11.8 Å². The van der Waals surface area contributed by atoms with Gasteiger partial charge in [-0.1, -0.05) is 5.10 Å². The molecule has 194 valence electrons. The van der Waals surface area contributed by atoms with Crippen molar-refractivity contribution in [1.29, 1.82) is 0 Å². The molecular formula is C23H27BrN10O2S. The molecule has 5 heterocycles. The highest BCUT2D eigenvalue weighted by Gasteiger charge is 2.26. The summed E-state index contributed by atoms with van der Waals surface area (Å²) in [5.41, 5.74) is 6.79. The number of fused-ring (bicyclic) bond motifs is 2. The molecule has 1 aromatic heterocycles. The van der Waals surface area contributed by atoms with Gasteiger partial charge in [0, 0.05) is 29.0 Å². The van der Waals surface area contributed by atoms with E-state index in [1.165, 1.54) is 11.8 Å². The Balaban J connectivity index is 1.13. The Morgan fingerprint density at radius 1 is 1.16 bits per heavy atom. The first-order valence-corrected chi connectivity index (χ1v) is 13.9. The molecule has 0 atom stereocenters. The highest BCUT2D eigenvalue weighted by molar-refractivity contribution is 9.10. The van der Waals surface area contributed by atoms with Crippen molar-refractivity contribution in [1.82, 2.24) is 39.7 Å². The molecule has 2 N–H and O–H groups in total. The minimum atomic E-state index is 0.227. The molecule has 1 saturated heterocycles. The van der Waals surface area contributed by atoms with Crippen molar-refractivity contribution >= 4 is 39.5 Å². The standard InChI is InChI=1S/C23H27BrN10O2S/c1-13(2)34-23(29-30-31-34)32-6-3-14(4-7-32)5-8-33-11-26-20(25)19-21(33)28-22(27-19)37-18-10-17-16(9-15(18)24)35-12-36-17/h9-11,13-14H,3-8,12,25H2,1-2H3. The summed E-state index contributed by atoms with van der Waals surface area (Å²) in [4.78, 5) is 17.1. The lowest BCUT2D eigenvalue weighted by Crippen LogP contribution is -2.36. The van der Waals surface area contributed by atoms with Crippen LogP contribution in [0.15, 0.2) is 33.0 Å². The van der Waals surface area contributed by atoms with Gasteiger partial charge >= 0.3 is 0 Å². The summed E-state index contributed by atoms with van der Waals surface area (Å²) >= 11 is 5.05. The van der Waals surface area contributed by atoms with Crippen molar-refractivity contribution in [2.45, 2.75) is 55.7 Å². The molecule has 0 radical (unpaired) electrons. The minimum Gasteiger partial charge on any atom is -0.454 e. The number of hydrogen-bond donors (Lipinski definition) is 1. The number of benzene rings is 1. The highest BCUT2D eigenvalue weighted by Crippen LogP contribution is 2.43. The zero-order chi connectivity index (χ0) is 25.5. The average molecular weight is 588 g/mol. The van der Waals surface area contributed by atoms with E-state index in [-0.39, 0.29) is 12.8 Å². The van der Waals surface area contributed by atoms with Crippen molar-refractivity contribution < 1.29 is 9.47 Å². The number of hydrogen-bond acceptors (Lipinski definition) is 11. The van der Waals surface area contributed by atoms with Crippen LogP contribution in [-0.4, -0.2) is 59.6 Å². The van der Waals surface area contributed by atoms with Crippen molar-refractivity contribution in [3.05, 3.63) is 22.9 Å². The van der Waals surface area contributed by atoms with Crippen molar-refractivity contribution in [3.8, 4) is 23.0 Å². The van der Waals surface area contributed by atoms with Crippen molar-refractivity contribution in [3.63, 3.8) is 0 Å². The number of nitrogen functional groups attached to an aromatic ring is 1. The fourth-order valence-electron chi connectivity index (χ4n) is 4.69. The number of imidazole rings is 1. The summed E-state index contributed by atoms with van der Waals surface area (Å²) in [6, 6.07) is 4.07. The number of rotatable bonds is 7. The van der Waals surface area contributed by atoms with E-state index in [1.807, 2.05) is 16.8 Å². The first-order chi connectivity index (χ1) is 18.0. The number of halogens is 1. The summed E-state index contributed by atoms with van der Waals surface area (Å²) in [5, 5.41) is 12.9. The number of tetrazole rings is 1. The second-order valence-electron chi connectivity index (χ2n) is 9.48. The lowest BCUT2D eigenvalue weighted by atomic mass is 9.93. The molecule has 12 nitrogen and oxygen atoms in total. The molecule has 0 amide bonds. The van der Waals surface area contributed by atoms with Gasteiger partial charge in [-0.25, -0.2) is 19.6 Å². The summed E-state index contributed by atoms with van der Waals surface area (Å²) in [7, 11) is 0. The molecule has 0 unspecified atom stereocenters. The molecule has 0 spiro atoms. The summed E-state index contributed by atoms with van der Waals surface area (Å²) < 4.78 is 15.8. The third-order valence-corrected chi connectivity index (χ3v) is 8.58. The van der Waals surface area contributed by atoms with E-state index < -0.39 is 0 Å². The molecule has 0 bridgehead atoms. The SMILES string of the molecule is CC(C)n1nnnc1N1CCC(CCn2cnc(N)c3nc(Sc4cc5c(cc4Br)OCO5)nc2-3)CC1. The van der Waals surface area contributed by atoms with E-state index in [4.69, 9.17) is 20.2 Å². The maximum absolute atomic E-state index is 6.16. The molecule has 1 fully saturated rings. The highest BCUT2D eigenvalue weighted by atomic mass is 79.9. The zero-order valence-corrected chi connectivity index (χ0v) is 22.9. The van der Waals surface area contributed by atoms with Crippen LogP contribution in [0, 0.1) is 5.92 Å². The Labute approximate surface area is 226 Å². The summed E-state index contributed by atoms with van der Waals surface area (Å²) in [6.45, 7) is 7.10. The zero-order valence-electron chi connectivity index (χ0n) is 20.5. The Bertz CT molecular complexity index is 1380. The van der Waals surface area contributed by atoms with Gasteiger partial charge in [-0.15, -0.1) is 0 Å². The Morgan fingerprint density at radius 2 is 1.95 bits per heavy atom. The van der Waals surface area contributed by atoms with Gasteiger partial charge in [-0.05, 0) is 89.3 Å². The summed E-state index contributed by atoms with van der Waals surface area (Å²) in [6.07, 6.45) is 4.96. The van der Waals surface area contributed by atoms with Crippen molar-refractivity contribution in [2.24, 2.45) is 5.92 Å². The smallest absolute Gasteiger partial charge is 0.245 e. The second kappa shape index (κ2) is 9.97. The van der Waals surface area contributed by atoms with E-state index in [9.17, 15) is 0 Å². The molecule has 4 aliphatic heterocycles. The maximum Gasteiger partial charge on any atom is 0.245 e. The molecule has 2 aromatic rings. The normalized spacial score (nSPS) is 15.8. The Morgan fingerprint density at radius 3 is 2.73 bits per heavy atom. The van der Waals surface area contributed by atoms with E-state index in [1.54, 1.807) is 6.33 Å². The molecule has 1 aromatic carbocycles. The van der Waals surface area contributed by atoms with Gasteiger partial charge in [0.05, 0.1) is 12.4 Å². The minimum absolute atomic E-state index is 0.227. The van der Waals surface area contributed by atoms with Crippen LogP contribution in [0.3, 0.4) is 0 Å². The number of ether oxygens (including phenoxy) is 2. The molecule has 0 saturated carbocycles. The van der Waals surface area contributed by atoms with Crippen molar-refractivity contribution in [2.75, 3.05) is 30.5 Å². The first-order valence-electron chi connectivity index (χ1n) is 12.2. The number of nitrogens with two attached hydrogens (primary N) is 1. The fraction of sp³-hybridized carbons (Fsp3) is 0.478. The first kappa shape index (κ1) is 24.2. The van der Waals surface area contributed by atoms with Crippen LogP contribution in [0.2, 0.25) is 0 Å². The van der Waals surface area contributed by atoms with Gasteiger partial charge in [-0.2, -0.15) is 0 Å². The third-order valence-electron chi connectivity index (χ3n) is 6.74. The predicted octanol–water partition coefficient (Wildman–Crippen LogP) is 3.88. The lowest BCUT2D eigenvalue weighted by molar-refractivity contribution is 0.174. The molecule has 14 heteroatoms. The van der Waals surface area contributed by atoms with Gasteiger partial charge in [0.15, 0.2) is 34.0 Å². The Kier molecular flexibility index (Phi) is 6.53. The second-order valence-corrected chi connectivity index (χ2v) is 11.3. The van der Waals surface area contributed by atoms with E-state index in [0.29, 0.717) is 28.3 Å². The number of anilines is 2. The molecular weight excluding hydrogens is 560 g/mol. The van der Waals surface area contributed by atoms with Gasteiger partial charge < -0.3 is 24.7 Å². The number of aryl methyl sites for hydroxylation is 1. The summed E-state index contributed by atoms with van der Waals surface area (Å²) in [5.74, 6) is 4.02. The number of nitrogens with zero attached hydrogens (tertiary/aromatic N) is 9. The van der Waals surface area contributed by atoms with Crippen LogP contribution < -0.4 is 20.1 Å². The van der Waals surface area contributed by atoms with Crippen LogP contribution in [-0.2, 0) is 6.54 Å². The molecule has 0 aliphatic carbocycles. The predicted molar refractivity (Wildman–Crippen MR) is 141 cm³/mol. The van der Waals surface area contributed by atoms with Crippen LogP contribution in [0.1, 0.15) is 39.2 Å². The van der Waals surface area contributed by atoms with Crippen LogP contribution in [0.25, 0.3) is 11.5 Å². The number of aromatic nitrogens is 8. The van der Waals surface area contributed by atoms with E-state index in [0.717, 1.165) is 65.8 Å². The third kappa shape index (κ3) is 4.79. The van der Waals surface area contributed by atoms with Crippen LogP contribution in [0.5, 0.6) is 11.5 Å². The van der Waals surface area contributed by atoms with E-state index >= 15 is 0 Å². The van der Waals surface area contributed by atoms with Gasteiger partial charge in [0.25, 0.3) is 0 Å². The van der Waals surface area contributed by atoms with Gasteiger partial charge in [-0.3, -0.25) is 0 Å². The lowest BCUT2D eigenvalue weighted by Gasteiger charge is -2.32. The molecule has 37 heavy (non-hydrogen) atoms. The molecule has 4 aliphatic rings. The van der Waals surface area contributed by atoms with Gasteiger partial charge in [0.1, 0.15) is 0 Å². The van der Waals surface area contributed by atoms with Crippen LogP contribution >= 0.6 is 27.7 Å². The average Bonchev–Trinajstić information content (AvgIpc) is 3.64. The van der Waals surface area contributed by atoms with Gasteiger partial charge in [0.2, 0.25) is 12.7 Å².